The maximum Gasteiger partial charge on any atom is 0.326 e. The Hall–Kier alpha value is -4.40. The molecule has 5 rings (SSSR count). The van der Waals surface area contributed by atoms with Crippen LogP contribution in [0.25, 0.3) is 10.9 Å². The molecule has 1 unspecified atom stereocenters. The van der Waals surface area contributed by atoms with Gasteiger partial charge in [-0.25, -0.2) is 4.79 Å². The van der Waals surface area contributed by atoms with Crippen LogP contribution in [0.1, 0.15) is 47.2 Å². The number of rotatable bonds is 13. The standard InChI is InChI=1S/C34H38N3O7P/c1-44-26-15-13-24(14-16-26)31(38)37-30(19-23-9-3-2-4-10-23)45(42,43)22-34(17-7-8-18-34)33(41)36-29(32(39)40)20-25-21-35-28-12-6-5-11-27(25)28/h2-6,9-16,21,29-30,35H,7-8,17-20,22H2,1H3,(H,36,41)(H,37,38)(H,39,40)(H,42,43)/t29-,30+/m0/s1. The molecule has 0 bridgehead atoms. The summed E-state index contributed by atoms with van der Waals surface area (Å²) in [6, 6.07) is 21.8. The smallest absolute Gasteiger partial charge is 0.326 e. The number of aromatic amines is 1. The van der Waals surface area contributed by atoms with Crippen LogP contribution in [0.2, 0.25) is 0 Å². The van der Waals surface area contributed by atoms with Crippen LogP contribution in [0.4, 0.5) is 0 Å². The molecule has 4 aromatic rings. The predicted molar refractivity (Wildman–Crippen MR) is 172 cm³/mol. The summed E-state index contributed by atoms with van der Waals surface area (Å²) >= 11 is 0. The molecule has 45 heavy (non-hydrogen) atoms. The molecule has 10 nitrogen and oxygen atoms in total. The summed E-state index contributed by atoms with van der Waals surface area (Å²) in [5.74, 6) is -2.88. The van der Waals surface area contributed by atoms with Gasteiger partial charge in [0.15, 0.2) is 0 Å². The normalized spacial score (nSPS) is 16.8. The number of carbonyl (C=O) groups is 3. The molecule has 236 valence electrons. The van der Waals surface area contributed by atoms with Crippen LogP contribution >= 0.6 is 7.37 Å². The quantitative estimate of drug-likeness (QED) is 0.128. The lowest BCUT2D eigenvalue weighted by molar-refractivity contribution is -0.143. The topological polar surface area (TPSA) is 158 Å². The van der Waals surface area contributed by atoms with Gasteiger partial charge in [0.05, 0.1) is 12.5 Å². The van der Waals surface area contributed by atoms with E-state index in [1.807, 2.05) is 54.6 Å². The number of hydrogen-bond donors (Lipinski definition) is 5. The summed E-state index contributed by atoms with van der Waals surface area (Å²) in [4.78, 5) is 54.3. The van der Waals surface area contributed by atoms with E-state index in [0.29, 0.717) is 37.0 Å². The van der Waals surface area contributed by atoms with E-state index < -0.39 is 42.4 Å². The van der Waals surface area contributed by atoms with Crippen LogP contribution < -0.4 is 15.4 Å². The molecule has 1 saturated carbocycles. The van der Waals surface area contributed by atoms with Gasteiger partial charge in [-0.3, -0.25) is 14.2 Å². The molecule has 0 spiro atoms. The van der Waals surface area contributed by atoms with Gasteiger partial charge in [0.2, 0.25) is 13.3 Å². The molecule has 2 amide bonds. The van der Waals surface area contributed by atoms with Gasteiger partial charge in [0, 0.05) is 41.7 Å². The van der Waals surface area contributed by atoms with E-state index in [2.05, 4.69) is 15.6 Å². The fourth-order valence-corrected chi connectivity index (χ4v) is 8.56. The number of aromatic nitrogens is 1. The Morgan fingerprint density at radius 3 is 2.27 bits per heavy atom. The minimum absolute atomic E-state index is 0.0481. The van der Waals surface area contributed by atoms with Crippen molar-refractivity contribution in [1.82, 2.24) is 15.6 Å². The summed E-state index contributed by atoms with van der Waals surface area (Å²) < 4.78 is 19.5. The lowest BCUT2D eigenvalue weighted by Gasteiger charge is -2.34. The Morgan fingerprint density at radius 1 is 0.933 bits per heavy atom. The molecular formula is C34H38N3O7P. The number of nitrogens with one attached hydrogen (secondary N) is 3. The number of ether oxygens (including phenoxy) is 1. The van der Waals surface area contributed by atoms with Gasteiger partial charge in [0.1, 0.15) is 17.6 Å². The van der Waals surface area contributed by atoms with Crippen LogP contribution in [-0.2, 0) is 27.0 Å². The number of H-pyrrole nitrogens is 1. The highest BCUT2D eigenvalue weighted by Crippen LogP contribution is 2.55. The van der Waals surface area contributed by atoms with Crippen LogP contribution in [0.3, 0.4) is 0 Å². The van der Waals surface area contributed by atoms with E-state index in [-0.39, 0.29) is 19.0 Å². The molecule has 3 aromatic carbocycles. The van der Waals surface area contributed by atoms with Gasteiger partial charge in [0.25, 0.3) is 5.91 Å². The number of fused-ring (bicyclic) bond motifs is 1. The van der Waals surface area contributed by atoms with Gasteiger partial charge in [-0.15, -0.1) is 0 Å². The minimum Gasteiger partial charge on any atom is -0.497 e. The first-order valence-corrected chi connectivity index (χ1v) is 16.9. The zero-order valence-electron chi connectivity index (χ0n) is 25.1. The largest absolute Gasteiger partial charge is 0.497 e. The summed E-state index contributed by atoms with van der Waals surface area (Å²) in [6.07, 6.45) is 3.48. The number of amides is 2. The average molecular weight is 632 g/mol. The lowest BCUT2D eigenvalue weighted by atomic mass is 9.87. The van der Waals surface area contributed by atoms with Gasteiger partial charge in [-0.05, 0) is 54.3 Å². The molecular weight excluding hydrogens is 593 g/mol. The summed E-state index contributed by atoms with van der Waals surface area (Å²) in [7, 11) is -2.74. The zero-order chi connectivity index (χ0) is 32.0. The Morgan fingerprint density at radius 2 is 1.60 bits per heavy atom. The van der Waals surface area contributed by atoms with E-state index in [1.165, 1.54) is 7.11 Å². The van der Waals surface area contributed by atoms with E-state index in [4.69, 9.17) is 4.74 Å². The van der Waals surface area contributed by atoms with Crippen molar-refractivity contribution in [2.75, 3.05) is 13.3 Å². The van der Waals surface area contributed by atoms with Crippen molar-refractivity contribution in [3.63, 3.8) is 0 Å². The highest BCUT2D eigenvalue weighted by molar-refractivity contribution is 7.58. The fourth-order valence-electron chi connectivity index (χ4n) is 6.19. The summed E-state index contributed by atoms with van der Waals surface area (Å²) in [6.45, 7) is 0. The van der Waals surface area contributed by atoms with E-state index in [0.717, 1.165) is 22.0 Å². The van der Waals surface area contributed by atoms with Crippen molar-refractivity contribution >= 4 is 36.1 Å². The Labute approximate surface area is 261 Å². The van der Waals surface area contributed by atoms with E-state index >= 15 is 0 Å². The highest BCUT2D eigenvalue weighted by Gasteiger charge is 2.49. The first-order valence-electron chi connectivity index (χ1n) is 15.0. The third-order valence-electron chi connectivity index (χ3n) is 8.68. The van der Waals surface area contributed by atoms with Gasteiger partial charge in [-0.1, -0.05) is 61.4 Å². The highest BCUT2D eigenvalue weighted by atomic mass is 31.2. The Kier molecular flexibility index (Phi) is 9.75. The van der Waals surface area contributed by atoms with Crippen LogP contribution in [0.5, 0.6) is 5.75 Å². The molecule has 0 aliphatic heterocycles. The second-order valence-electron chi connectivity index (χ2n) is 11.7. The van der Waals surface area contributed by atoms with Gasteiger partial charge in [-0.2, -0.15) is 0 Å². The van der Waals surface area contributed by atoms with Crippen molar-refractivity contribution in [3.05, 3.63) is 102 Å². The van der Waals surface area contributed by atoms with E-state index in [1.54, 1.807) is 30.5 Å². The third kappa shape index (κ3) is 7.47. The monoisotopic (exact) mass is 631 g/mol. The number of carboxylic acid groups (broad SMARTS) is 1. The number of hydrogen-bond acceptors (Lipinski definition) is 5. The number of aliphatic carboxylic acids is 1. The van der Waals surface area contributed by atoms with Crippen LogP contribution in [0, 0.1) is 5.41 Å². The number of carbonyl (C=O) groups excluding carboxylic acids is 2. The van der Waals surface area contributed by atoms with Gasteiger partial charge < -0.3 is 30.4 Å². The Balaban J connectivity index is 1.38. The van der Waals surface area contributed by atoms with Crippen molar-refractivity contribution in [2.45, 2.75) is 50.3 Å². The maximum absolute atomic E-state index is 14.3. The molecule has 3 atom stereocenters. The van der Waals surface area contributed by atoms with Gasteiger partial charge >= 0.3 is 5.97 Å². The number of carboxylic acids is 1. The molecule has 0 radical (unpaired) electrons. The summed E-state index contributed by atoms with van der Waals surface area (Å²) in [5.41, 5.74) is 1.40. The van der Waals surface area contributed by atoms with Crippen LogP contribution in [-0.4, -0.2) is 57.9 Å². The zero-order valence-corrected chi connectivity index (χ0v) is 26.0. The number of para-hydroxylation sites is 1. The maximum atomic E-state index is 14.3. The predicted octanol–water partition coefficient (Wildman–Crippen LogP) is 5.12. The molecule has 5 N–H and O–H groups in total. The molecule has 1 aliphatic carbocycles. The SMILES string of the molecule is COc1ccc(C(=O)N[C@@H](Cc2ccccc2)P(=O)(O)CC2(C(=O)N[C@@H](Cc3c[nH]c4ccccc34)C(=O)O)CCCC2)cc1. The molecule has 0 saturated heterocycles. The summed E-state index contributed by atoms with van der Waals surface area (Å²) in [5, 5.41) is 16.4. The molecule has 1 fully saturated rings. The first kappa shape index (κ1) is 32.0. The molecule has 11 heteroatoms. The van der Waals surface area contributed by atoms with Crippen molar-refractivity contribution < 1.29 is 33.7 Å². The molecule has 1 aliphatic rings. The second-order valence-corrected chi connectivity index (χ2v) is 14.2. The third-order valence-corrected chi connectivity index (χ3v) is 11.0. The lowest BCUT2D eigenvalue weighted by Crippen LogP contribution is -2.50. The van der Waals surface area contributed by atoms with E-state index in [9.17, 15) is 28.9 Å². The number of benzene rings is 3. The number of methoxy groups -OCH3 is 1. The second kappa shape index (κ2) is 13.7. The Bertz CT molecular complexity index is 1700. The minimum atomic E-state index is -4.25. The van der Waals surface area contributed by atoms with Crippen molar-refractivity contribution in [2.24, 2.45) is 5.41 Å². The molecule has 1 aromatic heterocycles. The average Bonchev–Trinajstić information content (AvgIpc) is 3.68. The van der Waals surface area contributed by atoms with Crippen molar-refractivity contribution in [3.8, 4) is 5.75 Å². The van der Waals surface area contributed by atoms with Crippen molar-refractivity contribution in [1.29, 1.82) is 0 Å². The fraction of sp³-hybridized carbons (Fsp3) is 0.324. The van der Waals surface area contributed by atoms with Crippen LogP contribution in [0.15, 0.2) is 85.1 Å². The first-order chi connectivity index (χ1) is 21.6. The molecule has 1 heterocycles.